The fourth-order valence-corrected chi connectivity index (χ4v) is 4.22. The molecule has 4 heterocycles. The van der Waals surface area contributed by atoms with Gasteiger partial charge >= 0.3 is 6.09 Å². The molecule has 10 heteroatoms. The number of nitrogens with zero attached hydrogens (tertiary/aromatic N) is 4. The smallest absolute Gasteiger partial charge is 0.411 e. The first-order chi connectivity index (χ1) is 16.1. The molecule has 5 aromatic rings. The van der Waals surface area contributed by atoms with Crippen molar-refractivity contribution in [1.82, 2.24) is 24.9 Å². The molecule has 10 nitrogen and oxygen atoms in total. The highest BCUT2D eigenvalue weighted by Crippen LogP contribution is 2.33. The van der Waals surface area contributed by atoms with Gasteiger partial charge in [-0.15, -0.1) is 0 Å². The Labute approximate surface area is 187 Å². The average molecular weight is 441 g/mol. The molecule has 1 amide bonds. The van der Waals surface area contributed by atoms with E-state index in [0.717, 1.165) is 44.8 Å². The summed E-state index contributed by atoms with van der Waals surface area (Å²) >= 11 is 0. The molecule has 0 spiro atoms. The number of rotatable bonds is 3. The van der Waals surface area contributed by atoms with Crippen LogP contribution in [-0.4, -0.2) is 49.3 Å². The zero-order valence-corrected chi connectivity index (χ0v) is 17.4. The molecule has 6 rings (SSSR count). The Bertz CT molecular complexity index is 1510. The zero-order valence-electron chi connectivity index (χ0n) is 17.4. The molecule has 0 saturated heterocycles. The van der Waals surface area contributed by atoms with E-state index in [0.29, 0.717) is 25.2 Å². The largest absolute Gasteiger partial charge is 0.491 e. The molecule has 4 N–H and O–H groups in total. The molecular weight excluding hydrogens is 422 g/mol. The number of nitrogens with one attached hydrogen (secondary N) is 3. The van der Waals surface area contributed by atoms with Crippen LogP contribution < -0.4 is 15.0 Å². The molecule has 0 radical (unpaired) electrons. The molecule has 164 valence electrons. The lowest BCUT2D eigenvalue weighted by molar-refractivity contribution is 0.209. The Balaban J connectivity index is 1.35. The summed E-state index contributed by atoms with van der Waals surface area (Å²) in [5.41, 5.74) is 5.32. The van der Waals surface area contributed by atoms with Crippen molar-refractivity contribution in [3.8, 4) is 16.9 Å². The molecule has 0 aliphatic carbocycles. The lowest BCUT2D eigenvalue weighted by Crippen LogP contribution is -2.26. The summed E-state index contributed by atoms with van der Waals surface area (Å²) in [7, 11) is 0. The number of aromatic amines is 2. The van der Waals surface area contributed by atoms with Crippen LogP contribution in [0.4, 0.5) is 16.6 Å². The monoisotopic (exact) mass is 441 g/mol. The number of amides is 1. The van der Waals surface area contributed by atoms with Crippen LogP contribution in [0.1, 0.15) is 5.56 Å². The van der Waals surface area contributed by atoms with Crippen LogP contribution in [0.2, 0.25) is 0 Å². The highest BCUT2D eigenvalue weighted by atomic mass is 16.5. The van der Waals surface area contributed by atoms with Crippen LogP contribution in [0.3, 0.4) is 0 Å². The summed E-state index contributed by atoms with van der Waals surface area (Å²) < 4.78 is 6.02. The molecule has 33 heavy (non-hydrogen) atoms. The second kappa shape index (κ2) is 7.52. The van der Waals surface area contributed by atoms with Gasteiger partial charge in [-0.05, 0) is 41.5 Å². The minimum absolute atomic E-state index is 0.196. The van der Waals surface area contributed by atoms with Crippen LogP contribution >= 0.6 is 0 Å². The number of benzene rings is 2. The number of anilines is 2. The number of ether oxygens (including phenoxy) is 1. The van der Waals surface area contributed by atoms with Crippen molar-refractivity contribution in [2.45, 2.75) is 6.54 Å². The minimum Gasteiger partial charge on any atom is -0.491 e. The van der Waals surface area contributed by atoms with E-state index < -0.39 is 6.09 Å². The molecule has 0 bridgehead atoms. The minimum atomic E-state index is -1.16. The summed E-state index contributed by atoms with van der Waals surface area (Å²) in [6, 6.07) is 13.9. The molecular formula is C23H19N7O3. The third kappa shape index (κ3) is 3.47. The van der Waals surface area contributed by atoms with Gasteiger partial charge in [0.1, 0.15) is 30.1 Å². The van der Waals surface area contributed by atoms with Crippen molar-refractivity contribution >= 4 is 39.9 Å². The maximum atomic E-state index is 10.9. The SMILES string of the molecule is O=C(O)Nc1nc2ccc(-c3ccc4c(c3)CN(c3ncnc5[nH]ccc35)CCO4)cc2[nH]1. The van der Waals surface area contributed by atoms with Crippen LogP contribution in [0.25, 0.3) is 33.2 Å². The van der Waals surface area contributed by atoms with Crippen molar-refractivity contribution in [2.75, 3.05) is 23.4 Å². The maximum Gasteiger partial charge on any atom is 0.411 e. The predicted octanol–water partition coefficient (Wildman–Crippen LogP) is 3.99. The Morgan fingerprint density at radius 2 is 2.00 bits per heavy atom. The zero-order chi connectivity index (χ0) is 22.4. The van der Waals surface area contributed by atoms with Crippen molar-refractivity contribution < 1.29 is 14.6 Å². The van der Waals surface area contributed by atoms with Crippen LogP contribution in [0.15, 0.2) is 55.0 Å². The number of H-pyrrole nitrogens is 2. The normalized spacial score (nSPS) is 13.5. The molecule has 0 saturated carbocycles. The molecule has 0 fully saturated rings. The first kappa shape index (κ1) is 19.1. The van der Waals surface area contributed by atoms with Gasteiger partial charge in [0, 0.05) is 18.3 Å². The van der Waals surface area contributed by atoms with Gasteiger partial charge in [-0.1, -0.05) is 12.1 Å². The number of hydrogen-bond acceptors (Lipinski definition) is 6. The van der Waals surface area contributed by atoms with Gasteiger partial charge in [-0.2, -0.15) is 0 Å². The quantitative estimate of drug-likeness (QED) is 0.333. The lowest BCUT2D eigenvalue weighted by atomic mass is 10.0. The highest BCUT2D eigenvalue weighted by molar-refractivity contribution is 5.88. The summed E-state index contributed by atoms with van der Waals surface area (Å²) in [5.74, 6) is 1.93. The van der Waals surface area contributed by atoms with Gasteiger partial charge in [0.05, 0.1) is 23.0 Å². The molecule has 2 aromatic carbocycles. The Kier molecular flexibility index (Phi) is 4.35. The number of carbonyl (C=O) groups is 1. The van der Waals surface area contributed by atoms with E-state index in [2.05, 4.69) is 41.2 Å². The molecule has 0 atom stereocenters. The van der Waals surface area contributed by atoms with Gasteiger partial charge in [0.25, 0.3) is 0 Å². The lowest BCUT2D eigenvalue weighted by Gasteiger charge is -2.21. The fourth-order valence-electron chi connectivity index (χ4n) is 4.22. The van der Waals surface area contributed by atoms with Crippen LogP contribution in [0.5, 0.6) is 5.75 Å². The van der Waals surface area contributed by atoms with Gasteiger partial charge in [-0.3, -0.25) is 5.32 Å². The van der Waals surface area contributed by atoms with Crippen molar-refractivity contribution in [3.05, 3.63) is 60.6 Å². The Morgan fingerprint density at radius 3 is 2.91 bits per heavy atom. The van der Waals surface area contributed by atoms with Crippen molar-refractivity contribution in [3.63, 3.8) is 0 Å². The standard InChI is InChI=1S/C23H19N7O3/c31-23(32)29-22-27-17-3-1-14(10-18(17)28-22)13-2-4-19-15(9-13)11-30(7-8-33-19)21-16-5-6-24-20(16)25-12-26-21/h1-6,9-10,12H,7-8,11H2,(H,31,32)(H,24,25,26)(H2,27,28,29). The maximum absolute atomic E-state index is 10.9. The van der Waals surface area contributed by atoms with Gasteiger partial charge in [-0.25, -0.2) is 19.7 Å². The van der Waals surface area contributed by atoms with E-state index in [1.54, 1.807) is 6.33 Å². The summed E-state index contributed by atoms with van der Waals surface area (Å²) in [5, 5.41) is 12.1. The number of hydrogen-bond donors (Lipinski definition) is 4. The summed E-state index contributed by atoms with van der Waals surface area (Å²) in [6.07, 6.45) is 2.28. The second-order valence-electron chi connectivity index (χ2n) is 7.78. The van der Waals surface area contributed by atoms with E-state index in [4.69, 9.17) is 9.84 Å². The summed E-state index contributed by atoms with van der Waals surface area (Å²) in [4.78, 5) is 32.3. The van der Waals surface area contributed by atoms with Crippen LogP contribution in [0, 0.1) is 0 Å². The summed E-state index contributed by atoms with van der Waals surface area (Å²) in [6.45, 7) is 1.92. The second-order valence-corrected chi connectivity index (χ2v) is 7.78. The number of fused-ring (bicyclic) bond motifs is 3. The van der Waals surface area contributed by atoms with Crippen molar-refractivity contribution in [1.29, 1.82) is 0 Å². The van der Waals surface area contributed by atoms with E-state index in [9.17, 15) is 4.79 Å². The van der Waals surface area contributed by atoms with Gasteiger partial charge < -0.3 is 24.7 Å². The highest BCUT2D eigenvalue weighted by Gasteiger charge is 2.20. The number of carboxylic acid groups (broad SMARTS) is 1. The fraction of sp³-hybridized carbons (Fsp3) is 0.130. The van der Waals surface area contributed by atoms with Crippen molar-refractivity contribution in [2.24, 2.45) is 0 Å². The molecule has 3 aromatic heterocycles. The van der Waals surface area contributed by atoms with E-state index in [1.165, 1.54) is 0 Å². The number of aromatic nitrogens is 5. The number of imidazole rings is 1. The van der Waals surface area contributed by atoms with E-state index in [-0.39, 0.29) is 5.95 Å². The van der Waals surface area contributed by atoms with E-state index >= 15 is 0 Å². The van der Waals surface area contributed by atoms with Crippen LogP contribution in [-0.2, 0) is 6.54 Å². The van der Waals surface area contributed by atoms with E-state index in [1.807, 2.05) is 42.6 Å². The molecule has 1 aliphatic heterocycles. The third-order valence-electron chi connectivity index (χ3n) is 5.71. The third-order valence-corrected chi connectivity index (χ3v) is 5.71. The predicted molar refractivity (Wildman–Crippen MR) is 124 cm³/mol. The molecule has 0 unspecified atom stereocenters. The average Bonchev–Trinajstić information content (AvgIpc) is 3.38. The first-order valence-electron chi connectivity index (χ1n) is 10.4. The van der Waals surface area contributed by atoms with Gasteiger partial charge in [0.15, 0.2) is 0 Å². The topological polar surface area (TPSA) is 132 Å². The first-order valence-corrected chi connectivity index (χ1v) is 10.4. The van der Waals surface area contributed by atoms with Gasteiger partial charge in [0.2, 0.25) is 5.95 Å². The Hall–Kier alpha value is -4.60. The molecule has 1 aliphatic rings. The Morgan fingerprint density at radius 1 is 1.12 bits per heavy atom.